The number of halogens is 1. The van der Waals surface area contributed by atoms with Gasteiger partial charge in [-0.3, -0.25) is 0 Å². The summed E-state index contributed by atoms with van der Waals surface area (Å²) in [5.74, 6) is -1.02. The van der Waals surface area contributed by atoms with E-state index in [1.807, 2.05) is 0 Å². The van der Waals surface area contributed by atoms with Crippen molar-refractivity contribution in [1.29, 1.82) is 0 Å². The van der Waals surface area contributed by atoms with Crippen LogP contribution in [0.4, 0.5) is 0 Å². The highest BCUT2D eigenvalue weighted by molar-refractivity contribution is 6.36. The lowest BCUT2D eigenvalue weighted by atomic mass is 10.2. The predicted molar refractivity (Wildman–Crippen MR) is 61.0 cm³/mol. The standard InChI is InChI=1S/C11H10ClNO3/c12-8-2-1-3-9-10(8)7(11(15)16)6-13(9)4-5-14/h1-3,6,14H,4-5H2,(H,15,16). The first kappa shape index (κ1) is 11.0. The lowest BCUT2D eigenvalue weighted by molar-refractivity contribution is 0.0698. The topological polar surface area (TPSA) is 62.5 Å². The maximum atomic E-state index is 11.1. The van der Waals surface area contributed by atoms with Crippen molar-refractivity contribution in [2.24, 2.45) is 0 Å². The van der Waals surface area contributed by atoms with Crippen molar-refractivity contribution in [3.63, 3.8) is 0 Å². The number of hydrogen-bond donors (Lipinski definition) is 2. The van der Waals surface area contributed by atoms with E-state index in [-0.39, 0.29) is 12.2 Å². The van der Waals surface area contributed by atoms with Crippen LogP contribution >= 0.6 is 11.6 Å². The molecule has 0 bridgehead atoms. The Balaban J connectivity index is 2.76. The van der Waals surface area contributed by atoms with Gasteiger partial charge in [-0.1, -0.05) is 17.7 Å². The fourth-order valence-corrected chi connectivity index (χ4v) is 2.03. The summed E-state index contributed by atoms with van der Waals surface area (Å²) in [5, 5.41) is 18.9. The first-order valence-electron chi connectivity index (χ1n) is 4.76. The van der Waals surface area contributed by atoms with Crippen LogP contribution in [0.1, 0.15) is 10.4 Å². The molecule has 84 valence electrons. The molecule has 2 N–H and O–H groups in total. The molecule has 1 aromatic carbocycles. The van der Waals surface area contributed by atoms with Gasteiger partial charge < -0.3 is 14.8 Å². The monoisotopic (exact) mass is 239 g/mol. The molecule has 16 heavy (non-hydrogen) atoms. The molecule has 0 aliphatic rings. The highest BCUT2D eigenvalue weighted by atomic mass is 35.5. The summed E-state index contributed by atoms with van der Waals surface area (Å²) >= 11 is 5.98. The van der Waals surface area contributed by atoms with E-state index >= 15 is 0 Å². The Kier molecular flexibility index (Phi) is 2.85. The average Bonchev–Trinajstić information content (AvgIpc) is 2.60. The molecule has 0 unspecified atom stereocenters. The second kappa shape index (κ2) is 4.15. The van der Waals surface area contributed by atoms with Crippen LogP contribution in [0.3, 0.4) is 0 Å². The van der Waals surface area contributed by atoms with Gasteiger partial charge in [-0.25, -0.2) is 4.79 Å². The van der Waals surface area contributed by atoms with Crippen LogP contribution < -0.4 is 0 Å². The second-order valence-electron chi connectivity index (χ2n) is 3.40. The van der Waals surface area contributed by atoms with E-state index in [1.165, 1.54) is 6.20 Å². The molecule has 1 aromatic heterocycles. The minimum Gasteiger partial charge on any atom is -0.478 e. The first-order valence-corrected chi connectivity index (χ1v) is 5.14. The molecule has 0 aliphatic heterocycles. The Bertz CT molecular complexity index is 547. The Morgan fingerprint density at radius 3 is 2.81 bits per heavy atom. The molecule has 5 heteroatoms. The molecule has 0 amide bonds. The molecule has 1 heterocycles. The number of hydrogen-bond acceptors (Lipinski definition) is 2. The number of fused-ring (bicyclic) bond motifs is 1. The van der Waals surface area contributed by atoms with E-state index in [9.17, 15) is 4.79 Å². The van der Waals surface area contributed by atoms with Gasteiger partial charge in [0.25, 0.3) is 0 Å². The summed E-state index contributed by atoms with van der Waals surface area (Å²) in [6.45, 7) is 0.305. The molecular weight excluding hydrogens is 230 g/mol. The van der Waals surface area contributed by atoms with E-state index in [0.29, 0.717) is 17.0 Å². The minimum absolute atomic E-state index is 0.0463. The lowest BCUT2D eigenvalue weighted by Gasteiger charge is -2.01. The maximum absolute atomic E-state index is 11.1. The van der Waals surface area contributed by atoms with Gasteiger partial charge in [-0.2, -0.15) is 0 Å². The molecule has 0 saturated heterocycles. The van der Waals surface area contributed by atoms with E-state index in [4.69, 9.17) is 21.8 Å². The lowest BCUT2D eigenvalue weighted by Crippen LogP contribution is -2.00. The highest BCUT2D eigenvalue weighted by Crippen LogP contribution is 2.28. The largest absolute Gasteiger partial charge is 0.478 e. The van der Waals surface area contributed by atoms with Crippen molar-refractivity contribution in [3.8, 4) is 0 Å². The summed E-state index contributed by atoms with van der Waals surface area (Å²) in [7, 11) is 0. The first-order chi connectivity index (χ1) is 7.65. The van der Waals surface area contributed by atoms with Gasteiger partial charge in [0, 0.05) is 18.1 Å². The predicted octanol–water partition coefficient (Wildman–Crippen LogP) is 1.99. The number of aliphatic hydroxyl groups excluding tert-OH is 1. The van der Waals surface area contributed by atoms with Crippen LogP contribution in [0.15, 0.2) is 24.4 Å². The highest BCUT2D eigenvalue weighted by Gasteiger charge is 2.15. The Labute approximate surface area is 96.7 Å². The van der Waals surface area contributed by atoms with Crippen LogP contribution in [0.5, 0.6) is 0 Å². The molecule has 0 saturated carbocycles. The van der Waals surface area contributed by atoms with Crippen LogP contribution in [-0.4, -0.2) is 27.4 Å². The fraction of sp³-hybridized carbons (Fsp3) is 0.182. The fourth-order valence-electron chi connectivity index (χ4n) is 1.76. The summed E-state index contributed by atoms with van der Waals surface area (Å²) in [4.78, 5) is 11.1. The third kappa shape index (κ3) is 1.66. The van der Waals surface area contributed by atoms with Gasteiger partial charge in [0.1, 0.15) is 0 Å². The summed E-state index contributed by atoms with van der Waals surface area (Å²) in [6.07, 6.45) is 1.50. The third-order valence-electron chi connectivity index (χ3n) is 2.43. The van der Waals surface area contributed by atoms with Crippen molar-refractivity contribution in [1.82, 2.24) is 4.57 Å². The van der Waals surface area contributed by atoms with E-state index in [2.05, 4.69) is 0 Å². The number of benzene rings is 1. The van der Waals surface area contributed by atoms with Crippen molar-refractivity contribution in [3.05, 3.63) is 35.0 Å². The number of carbonyl (C=O) groups is 1. The molecule has 0 atom stereocenters. The Morgan fingerprint density at radius 2 is 2.19 bits per heavy atom. The van der Waals surface area contributed by atoms with E-state index in [1.54, 1.807) is 22.8 Å². The minimum atomic E-state index is -1.02. The number of rotatable bonds is 3. The normalized spacial score (nSPS) is 10.9. The van der Waals surface area contributed by atoms with Gasteiger partial charge in [0.05, 0.1) is 22.7 Å². The molecule has 4 nitrogen and oxygen atoms in total. The van der Waals surface area contributed by atoms with Crippen molar-refractivity contribution < 1.29 is 15.0 Å². The van der Waals surface area contributed by atoms with Crippen LogP contribution in [0.2, 0.25) is 5.02 Å². The van der Waals surface area contributed by atoms with Gasteiger partial charge in [-0.15, -0.1) is 0 Å². The van der Waals surface area contributed by atoms with E-state index in [0.717, 1.165) is 5.52 Å². The van der Waals surface area contributed by atoms with E-state index < -0.39 is 5.97 Å². The maximum Gasteiger partial charge on any atom is 0.337 e. The Morgan fingerprint density at radius 1 is 1.44 bits per heavy atom. The van der Waals surface area contributed by atoms with Crippen LogP contribution in [-0.2, 0) is 6.54 Å². The van der Waals surface area contributed by atoms with Gasteiger partial charge in [-0.05, 0) is 12.1 Å². The molecule has 0 spiro atoms. The second-order valence-corrected chi connectivity index (χ2v) is 3.81. The SMILES string of the molecule is O=C(O)c1cn(CCO)c2cccc(Cl)c12. The average molecular weight is 240 g/mol. The van der Waals surface area contributed by atoms with Crippen molar-refractivity contribution >= 4 is 28.5 Å². The zero-order valence-electron chi connectivity index (χ0n) is 8.35. The number of aliphatic hydroxyl groups is 1. The van der Waals surface area contributed by atoms with Crippen LogP contribution in [0, 0.1) is 0 Å². The van der Waals surface area contributed by atoms with Gasteiger partial charge in [0.15, 0.2) is 0 Å². The van der Waals surface area contributed by atoms with Gasteiger partial charge in [0.2, 0.25) is 0 Å². The zero-order chi connectivity index (χ0) is 11.7. The quantitative estimate of drug-likeness (QED) is 0.861. The summed E-state index contributed by atoms with van der Waals surface area (Å²) in [5.41, 5.74) is 0.882. The number of nitrogens with zero attached hydrogens (tertiary/aromatic N) is 1. The zero-order valence-corrected chi connectivity index (χ0v) is 9.11. The smallest absolute Gasteiger partial charge is 0.337 e. The molecule has 0 radical (unpaired) electrons. The molecule has 2 aromatic rings. The van der Waals surface area contributed by atoms with Crippen molar-refractivity contribution in [2.75, 3.05) is 6.61 Å². The van der Waals surface area contributed by atoms with Gasteiger partial charge >= 0.3 is 5.97 Å². The molecule has 0 aliphatic carbocycles. The third-order valence-corrected chi connectivity index (χ3v) is 2.74. The summed E-state index contributed by atoms with van der Waals surface area (Å²) in [6, 6.07) is 5.19. The van der Waals surface area contributed by atoms with Crippen LogP contribution in [0.25, 0.3) is 10.9 Å². The number of aromatic carboxylic acids is 1. The Hall–Kier alpha value is -1.52. The molecule has 0 fully saturated rings. The number of aromatic nitrogens is 1. The number of carboxylic acid groups (broad SMARTS) is 1. The number of carboxylic acids is 1. The molecular formula is C11H10ClNO3. The molecule has 2 rings (SSSR count). The summed E-state index contributed by atoms with van der Waals surface area (Å²) < 4.78 is 1.69. The van der Waals surface area contributed by atoms with Crippen molar-refractivity contribution in [2.45, 2.75) is 6.54 Å².